The highest BCUT2D eigenvalue weighted by atomic mass is 16.5. The van der Waals surface area contributed by atoms with Crippen LogP contribution in [-0.2, 0) is 11.3 Å². The van der Waals surface area contributed by atoms with E-state index >= 15 is 0 Å². The van der Waals surface area contributed by atoms with Crippen LogP contribution < -0.4 is 9.47 Å². The zero-order chi connectivity index (χ0) is 19.8. The molecule has 3 rings (SSSR count). The molecule has 0 aliphatic heterocycles. The molecule has 1 aliphatic rings. The van der Waals surface area contributed by atoms with Crippen molar-refractivity contribution in [3.63, 3.8) is 0 Å². The summed E-state index contributed by atoms with van der Waals surface area (Å²) in [6.45, 7) is 4.40. The van der Waals surface area contributed by atoms with Gasteiger partial charge in [0.2, 0.25) is 5.88 Å². The lowest BCUT2D eigenvalue weighted by atomic mass is 9.78. The van der Waals surface area contributed by atoms with Crippen molar-refractivity contribution in [1.29, 1.82) is 0 Å². The number of rotatable bonds is 10. The Kier molecular flexibility index (Phi) is 7.42. The van der Waals surface area contributed by atoms with Crippen molar-refractivity contribution in [2.75, 3.05) is 26.9 Å². The van der Waals surface area contributed by atoms with Gasteiger partial charge in [-0.15, -0.1) is 0 Å². The summed E-state index contributed by atoms with van der Waals surface area (Å²) in [6.07, 6.45) is 8.92. The Morgan fingerprint density at radius 2 is 2.11 bits per heavy atom. The first-order valence-electron chi connectivity index (χ1n) is 9.98. The van der Waals surface area contributed by atoms with Crippen molar-refractivity contribution in [1.82, 2.24) is 14.8 Å². The van der Waals surface area contributed by atoms with E-state index in [4.69, 9.17) is 14.2 Å². The van der Waals surface area contributed by atoms with Gasteiger partial charge in [0.05, 0.1) is 25.0 Å². The summed E-state index contributed by atoms with van der Waals surface area (Å²) >= 11 is 0. The maximum atomic E-state index is 11.5. The van der Waals surface area contributed by atoms with Gasteiger partial charge >= 0.3 is 0 Å². The fraction of sp³-hybridized carbons (Fsp3) is 0.571. The van der Waals surface area contributed by atoms with Crippen LogP contribution in [0.5, 0.6) is 11.6 Å². The number of hydrogen-bond acceptors (Lipinski definition) is 6. The first-order valence-corrected chi connectivity index (χ1v) is 9.98. The molecular formula is C21H29N3O4. The summed E-state index contributed by atoms with van der Waals surface area (Å²) in [5.41, 5.74) is 1.74. The molecule has 1 fully saturated rings. The molecule has 0 aromatic carbocycles. The first kappa shape index (κ1) is 20.3. The second-order valence-corrected chi connectivity index (χ2v) is 7.05. The first-order chi connectivity index (χ1) is 13.8. The van der Waals surface area contributed by atoms with Gasteiger partial charge in [0.25, 0.3) is 0 Å². The van der Waals surface area contributed by atoms with Crippen molar-refractivity contribution in [2.24, 2.45) is 5.92 Å². The molecule has 0 saturated heterocycles. The standard InChI is InChI=1S/C21H29N3O4/c1-3-24-19(8-9-23-24)18-7-5-4-6-16(18)15-28-20-13-22-21(12-17(20)14-25)27-11-10-26-2/h8-9,12-14,16,18H,3-7,10-11,15H2,1-2H3. The lowest BCUT2D eigenvalue weighted by Gasteiger charge is -2.31. The number of aldehydes is 1. The molecule has 0 N–H and O–H groups in total. The van der Waals surface area contributed by atoms with Crippen LogP contribution in [0.2, 0.25) is 0 Å². The molecule has 7 heteroatoms. The molecule has 2 atom stereocenters. The van der Waals surface area contributed by atoms with E-state index < -0.39 is 0 Å². The minimum atomic E-state index is 0.386. The van der Waals surface area contributed by atoms with E-state index in [1.807, 2.05) is 6.20 Å². The third kappa shape index (κ3) is 4.90. The van der Waals surface area contributed by atoms with Gasteiger partial charge < -0.3 is 14.2 Å². The molecule has 7 nitrogen and oxygen atoms in total. The number of carbonyl (C=O) groups excluding carboxylic acids is 1. The highest BCUT2D eigenvalue weighted by Crippen LogP contribution is 2.38. The number of hydrogen-bond donors (Lipinski definition) is 0. The topological polar surface area (TPSA) is 75.5 Å². The fourth-order valence-corrected chi connectivity index (χ4v) is 3.87. The molecule has 152 valence electrons. The SMILES string of the molecule is CCn1nccc1C1CCCCC1COc1cnc(OCCOC)cc1C=O. The Balaban J connectivity index is 1.67. The summed E-state index contributed by atoms with van der Waals surface area (Å²) in [6, 6.07) is 3.74. The van der Waals surface area contributed by atoms with E-state index in [-0.39, 0.29) is 0 Å². The van der Waals surface area contributed by atoms with E-state index in [0.29, 0.717) is 48.8 Å². The molecule has 1 saturated carbocycles. The maximum Gasteiger partial charge on any atom is 0.214 e. The zero-order valence-corrected chi connectivity index (χ0v) is 16.7. The van der Waals surface area contributed by atoms with Gasteiger partial charge in [0, 0.05) is 43.4 Å². The lowest BCUT2D eigenvalue weighted by Crippen LogP contribution is -2.26. The zero-order valence-electron chi connectivity index (χ0n) is 16.7. The molecule has 28 heavy (non-hydrogen) atoms. The molecule has 1 aliphatic carbocycles. The van der Waals surface area contributed by atoms with Crippen LogP contribution in [0.1, 0.15) is 54.6 Å². The minimum absolute atomic E-state index is 0.386. The van der Waals surface area contributed by atoms with Gasteiger partial charge in [0.15, 0.2) is 6.29 Å². The number of aromatic nitrogens is 3. The molecule has 2 aromatic rings. The summed E-state index contributed by atoms with van der Waals surface area (Å²) in [7, 11) is 1.61. The molecule has 0 amide bonds. The Bertz CT molecular complexity index is 762. The normalized spacial score (nSPS) is 19.4. The average molecular weight is 387 g/mol. The van der Waals surface area contributed by atoms with Crippen LogP contribution >= 0.6 is 0 Å². The Hall–Kier alpha value is -2.41. The Morgan fingerprint density at radius 1 is 1.25 bits per heavy atom. The minimum Gasteiger partial charge on any atom is -0.491 e. The van der Waals surface area contributed by atoms with E-state index in [9.17, 15) is 4.79 Å². The van der Waals surface area contributed by atoms with Gasteiger partial charge in [-0.25, -0.2) is 4.98 Å². The van der Waals surface area contributed by atoms with Gasteiger partial charge in [-0.1, -0.05) is 12.8 Å². The third-order valence-corrected chi connectivity index (χ3v) is 5.33. The van der Waals surface area contributed by atoms with Crippen LogP contribution in [0.15, 0.2) is 24.5 Å². The quantitative estimate of drug-likeness (QED) is 0.459. The van der Waals surface area contributed by atoms with Crippen molar-refractivity contribution in [2.45, 2.75) is 45.1 Å². The molecule has 2 aromatic heterocycles. The molecule has 2 heterocycles. The van der Waals surface area contributed by atoms with E-state index in [1.54, 1.807) is 19.4 Å². The number of aryl methyl sites for hydroxylation is 1. The van der Waals surface area contributed by atoms with Crippen LogP contribution in [0.4, 0.5) is 0 Å². The fourth-order valence-electron chi connectivity index (χ4n) is 3.87. The molecule has 2 unspecified atom stereocenters. The van der Waals surface area contributed by atoms with Gasteiger partial charge in [0.1, 0.15) is 12.4 Å². The number of nitrogens with zero attached hydrogens (tertiary/aromatic N) is 3. The van der Waals surface area contributed by atoms with Crippen LogP contribution in [-0.4, -0.2) is 48.0 Å². The van der Waals surface area contributed by atoms with Crippen molar-refractivity contribution < 1.29 is 19.0 Å². The predicted octanol–water partition coefficient (Wildman–Crippen LogP) is 3.49. The Morgan fingerprint density at radius 3 is 2.89 bits per heavy atom. The van der Waals surface area contributed by atoms with Gasteiger partial charge in [-0.3, -0.25) is 9.48 Å². The van der Waals surface area contributed by atoms with E-state index in [0.717, 1.165) is 25.7 Å². The van der Waals surface area contributed by atoms with E-state index in [2.05, 4.69) is 27.8 Å². The van der Waals surface area contributed by atoms with Crippen molar-refractivity contribution in [3.05, 3.63) is 35.8 Å². The maximum absolute atomic E-state index is 11.5. The van der Waals surface area contributed by atoms with Gasteiger partial charge in [-0.2, -0.15) is 5.10 Å². The van der Waals surface area contributed by atoms with Crippen molar-refractivity contribution >= 4 is 6.29 Å². The van der Waals surface area contributed by atoms with Crippen LogP contribution in [0, 0.1) is 5.92 Å². The second-order valence-electron chi connectivity index (χ2n) is 7.05. The summed E-state index contributed by atoms with van der Waals surface area (Å²) in [5.74, 6) is 1.73. The average Bonchev–Trinajstić information content (AvgIpc) is 3.21. The highest BCUT2D eigenvalue weighted by molar-refractivity contribution is 5.79. The monoisotopic (exact) mass is 387 g/mol. The van der Waals surface area contributed by atoms with Crippen LogP contribution in [0.3, 0.4) is 0 Å². The molecular weight excluding hydrogens is 358 g/mol. The predicted molar refractivity (Wildman–Crippen MR) is 105 cm³/mol. The number of ether oxygens (including phenoxy) is 3. The number of methoxy groups -OCH3 is 1. The summed E-state index contributed by atoms with van der Waals surface area (Å²) in [5, 5.41) is 4.43. The number of pyridine rings is 1. The number of carbonyl (C=O) groups is 1. The smallest absolute Gasteiger partial charge is 0.214 e. The summed E-state index contributed by atoms with van der Waals surface area (Å²) in [4.78, 5) is 15.7. The molecule has 0 radical (unpaired) electrons. The molecule has 0 spiro atoms. The highest BCUT2D eigenvalue weighted by Gasteiger charge is 2.29. The Labute approximate surface area is 166 Å². The lowest BCUT2D eigenvalue weighted by molar-refractivity contribution is 0.111. The second kappa shape index (κ2) is 10.2. The van der Waals surface area contributed by atoms with E-state index in [1.165, 1.54) is 18.5 Å². The molecule has 0 bridgehead atoms. The van der Waals surface area contributed by atoms with Crippen LogP contribution in [0.25, 0.3) is 0 Å². The summed E-state index contributed by atoms with van der Waals surface area (Å²) < 4.78 is 18.5. The van der Waals surface area contributed by atoms with Gasteiger partial charge in [-0.05, 0) is 25.8 Å². The van der Waals surface area contributed by atoms with Crippen molar-refractivity contribution in [3.8, 4) is 11.6 Å². The third-order valence-electron chi connectivity index (χ3n) is 5.33. The largest absolute Gasteiger partial charge is 0.491 e.